The quantitative estimate of drug-likeness (QED) is 0.183. The lowest BCUT2D eigenvalue weighted by molar-refractivity contribution is 0.476. The van der Waals surface area contributed by atoms with Gasteiger partial charge in [0.1, 0.15) is 5.75 Å². The molecule has 2 heteroatoms. The number of rotatable bonds is 5. The molecule has 2 spiro atoms. The van der Waals surface area contributed by atoms with Crippen LogP contribution in [0.4, 0.5) is 0 Å². The Bertz CT molecular complexity index is 4210. The second-order valence-electron chi connectivity index (χ2n) is 20.2. The second-order valence-corrected chi connectivity index (χ2v) is 20.2. The molecule has 11 aromatic carbocycles. The summed E-state index contributed by atoms with van der Waals surface area (Å²) in [5.41, 5.74) is 23.4. The topological polar surface area (TPSA) is 32.6 Å². The molecule has 0 aromatic heterocycles. The SMILES string of the molecule is Oc1ccc2c(c1-c1ccccc1)C1(c3cc(-c4cccc(C5=C/C=C/C(c6ccc7ccccc7c6)=C\C(c6ccccc6)=N5)c4)ccc3-2)c2ccccc2C2(c3ccccc3-c3ccccc32)c2ccccc21. The van der Waals surface area contributed by atoms with Crippen LogP contribution in [0.3, 0.4) is 0 Å². The lowest BCUT2D eigenvalue weighted by atomic mass is 9.52. The number of phenolic OH excluding ortho intramolecular Hbond substituents is 1. The number of phenols is 1. The van der Waals surface area contributed by atoms with Crippen LogP contribution in [0.5, 0.6) is 5.75 Å². The Morgan fingerprint density at radius 1 is 0.333 bits per heavy atom. The first-order valence-electron chi connectivity index (χ1n) is 25.9. The average molecular weight is 954 g/mol. The fourth-order valence-corrected chi connectivity index (χ4v) is 13.4. The predicted octanol–water partition coefficient (Wildman–Crippen LogP) is 17.4. The summed E-state index contributed by atoms with van der Waals surface area (Å²) in [4.78, 5) is 5.49. The van der Waals surface area contributed by atoms with Crippen LogP contribution >= 0.6 is 0 Å². The minimum Gasteiger partial charge on any atom is -0.507 e. The molecule has 4 aliphatic rings. The Morgan fingerprint density at radius 3 is 1.55 bits per heavy atom. The van der Waals surface area contributed by atoms with E-state index in [4.69, 9.17) is 4.99 Å². The highest BCUT2D eigenvalue weighted by Crippen LogP contribution is 2.69. The largest absolute Gasteiger partial charge is 0.507 e. The average Bonchev–Trinajstić information content (AvgIpc) is 4.00. The van der Waals surface area contributed by atoms with Crippen LogP contribution in [-0.4, -0.2) is 10.8 Å². The molecule has 15 rings (SSSR count). The summed E-state index contributed by atoms with van der Waals surface area (Å²) < 4.78 is 0. The van der Waals surface area contributed by atoms with Gasteiger partial charge >= 0.3 is 0 Å². The molecule has 0 radical (unpaired) electrons. The number of fused-ring (bicyclic) bond motifs is 17. The smallest absolute Gasteiger partial charge is 0.123 e. The summed E-state index contributed by atoms with van der Waals surface area (Å²) in [7, 11) is 0. The number of allylic oxidation sites excluding steroid dienone is 5. The van der Waals surface area contributed by atoms with Crippen LogP contribution < -0.4 is 0 Å². The Morgan fingerprint density at radius 2 is 0.853 bits per heavy atom. The molecule has 0 amide bonds. The van der Waals surface area contributed by atoms with Crippen molar-refractivity contribution in [3.63, 3.8) is 0 Å². The van der Waals surface area contributed by atoms with Crippen molar-refractivity contribution in [1.29, 1.82) is 0 Å². The Hall–Kier alpha value is -9.63. The van der Waals surface area contributed by atoms with E-state index >= 15 is 0 Å². The zero-order chi connectivity index (χ0) is 49.7. The van der Waals surface area contributed by atoms with Crippen molar-refractivity contribution in [2.45, 2.75) is 10.8 Å². The van der Waals surface area contributed by atoms with Crippen molar-refractivity contribution in [2.24, 2.45) is 4.99 Å². The number of aliphatic imine (C=N–C) groups is 1. The number of hydrogen-bond donors (Lipinski definition) is 1. The summed E-state index contributed by atoms with van der Waals surface area (Å²) in [5.74, 6) is 0.267. The summed E-state index contributed by atoms with van der Waals surface area (Å²) in [6.07, 6.45) is 8.71. The van der Waals surface area contributed by atoms with Gasteiger partial charge < -0.3 is 5.11 Å². The van der Waals surface area contributed by atoms with Gasteiger partial charge in [0.05, 0.1) is 22.2 Å². The first kappa shape index (κ1) is 43.0. The Labute approximate surface area is 437 Å². The van der Waals surface area contributed by atoms with E-state index in [9.17, 15) is 5.11 Å². The first-order valence-corrected chi connectivity index (χ1v) is 25.9. The monoisotopic (exact) mass is 953 g/mol. The normalized spacial score (nSPS) is 16.0. The van der Waals surface area contributed by atoms with E-state index in [2.05, 4.69) is 273 Å². The van der Waals surface area contributed by atoms with E-state index in [1.54, 1.807) is 0 Å². The van der Waals surface area contributed by atoms with E-state index in [1.807, 2.05) is 6.07 Å². The van der Waals surface area contributed by atoms with Gasteiger partial charge in [0, 0.05) is 16.7 Å². The predicted molar refractivity (Wildman–Crippen MR) is 309 cm³/mol. The van der Waals surface area contributed by atoms with Gasteiger partial charge in [-0.1, -0.05) is 243 Å². The molecule has 11 aromatic rings. The second kappa shape index (κ2) is 16.7. The van der Waals surface area contributed by atoms with Gasteiger partial charge in [-0.3, -0.25) is 0 Å². The van der Waals surface area contributed by atoms with Crippen LogP contribution in [0.15, 0.2) is 284 Å². The molecule has 2 nitrogen and oxygen atoms in total. The van der Waals surface area contributed by atoms with Crippen molar-refractivity contribution < 1.29 is 5.11 Å². The first-order chi connectivity index (χ1) is 37.1. The summed E-state index contributed by atoms with van der Waals surface area (Å²) in [6.45, 7) is 0. The molecular weight excluding hydrogens is 907 g/mol. The van der Waals surface area contributed by atoms with Crippen LogP contribution in [0.1, 0.15) is 61.2 Å². The summed E-state index contributed by atoms with van der Waals surface area (Å²) >= 11 is 0. The van der Waals surface area contributed by atoms with Crippen LogP contribution in [0.25, 0.3) is 66.6 Å². The van der Waals surface area contributed by atoms with E-state index < -0.39 is 10.8 Å². The molecule has 1 N–H and O–H groups in total. The van der Waals surface area contributed by atoms with Crippen molar-refractivity contribution in [3.05, 3.63) is 340 Å². The van der Waals surface area contributed by atoms with Gasteiger partial charge in [-0.2, -0.15) is 0 Å². The maximum absolute atomic E-state index is 12.4. The molecule has 1 heterocycles. The zero-order valence-corrected chi connectivity index (χ0v) is 41.0. The summed E-state index contributed by atoms with van der Waals surface area (Å²) in [5, 5.41) is 14.8. The molecule has 1 aliphatic heterocycles. The van der Waals surface area contributed by atoms with Gasteiger partial charge in [0.15, 0.2) is 0 Å². The molecule has 0 saturated carbocycles. The number of benzene rings is 11. The van der Waals surface area contributed by atoms with E-state index in [-0.39, 0.29) is 5.75 Å². The fraction of sp³-hybridized carbons (Fsp3) is 0.0274. The lowest BCUT2D eigenvalue weighted by Crippen LogP contribution is -2.44. The van der Waals surface area contributed by atoms with Crippen molar-refractivity contribution in [1.82, 2.24) is 0 Å². The molecule has 350 valence electrons. The van der Waals surface area contributed by atoms with E-state index in [1.165, 1.54) is 60.8 Å². The van der Waals surface area contributed by atoms with Crippen molar-refractivity contribution in [2.75, 3.05) is 0 Å². The number of hydrogen-bond acceptors (Lipinski definition) is 2. The minimum absolute atomic E-state index is 0.267. The maximum atomic E-state index is 12.4. The third-order valence-corrected chi connectivity index (χ3v) is 16.5. The number of aromatic hydroxyl groups is 1. The third-order valence-electron chi connectivity index (χ3n) is 16.5. The summed E-state index contributed by atoms with van der Waals surface area (Å²) in [6, 6.07) is 92.5. The third kappa shape index (κ3) is 6.24. The van der Waals surface area contributed by atoms with Crippen LogP contribution in [-0.2, 0) is 10.8 Å². The molecule has 0 bridgehead atoms. The van der Waals surface area contributed by atoms with E-state index in [0.29, 0.717) is 0 Å². The van der Waals surface area contributed by atoms with Crippen LogP contribution in [0, 0.1) is 0 Å². The Kier molecular flexibility index (Phi) is 9.58. The molecule has 0 saturated heterocycles. The molecular formula is C73H47NO. The van der Waals surface area contributed by atoms with Gasteiger partial charge in [-0.25, -0.2) is 4.99 Å². The van der Waals surface area contributed by atoms with Crippen LogP contribution in [0.2, 0.25) is 0 Å². The highest BCUT2D eigenvalue weighted by molar-refractivity contribution is 6.15. The molecule has 0 unspecified atom stereocenters. The maximum Gasteiger partial charge on any atom is 0.123 e. The van der Waals surface area contributed by atoms with E-state index in [0.717, 1.165) is 72.6 Å². The highest BCUT2D eigenvalue weighted by atomic mass is 16.3. The molecule has 3 aliphatic carbocycles. The lowest BCUT2D eigenvalue weighted by Gasteiger charge is -2.49. The highest BCUT2D eigenvalue weighted by Gasteiger charge is 2.59. The standard InChI is InChI=1S/C73H47NO/c75-69-42-41-59-58-40-39-54(51-25-17-27-55(44-51)67-36-18-26-52(46-68(74-67)48-20-3-1-4-21-48)53-38-37-47-19-7-8-24-50(47)43-53)45-66(58)73(71(59)70(69)49-22-5-2-6-23-49)64-34-15-13-32-62(64)72(63-33-14-16-35-65(63)73)60-30-11-9-28-56(60)57-29-10-12-31-61(57)72/h1-46,75H/b26-18+,36-18?,52-26?,52-46+,67-36?,68-46?,74-67?,74-68?. The molecule has 75 heavy (non-hydrogen) atoms. The van der Waals surface area contributed by atoms with Crippen molar-refractivity contribution >= 4 is 27.8 Å². The van der Waals surface area contributed by atoms with Gasteiger partial charge in [0.2, 0.25) is 0 Å². The van der Waals surface area contributed by atoms with Crippen molar-refractivity contribution in [3.8, 4) is 50.3 Å². The molecule has 0 atom stereocenters. The Balaban J connectivity index is 0.944. The molecule has 0 fully saturated rings. The minimum atomic E-state index is -0.829. The zero-order valence-electron chi connectivity index (χ0n) is 41.0. The fourth-order valence-electron chi connectivity index (χ4n) is 13.4. The van der Waals surface area contributed by atoms with Gasteiger partial charge in [-0.05, 0) is 142 Å². The number of nitrogens with zero attached hydrogens (tertiary/aromatic N) is 1. The van der Waals surface area contributed by atoms with Gasteiger partial charge in [-0.15, -0.1) is 0 Å². The van der Waals surface area contributed by atoms with Gasteiger partial charge in [0.25, 0.3) is 0 Å².